The van der Waals surface area contributed by atoms with Gasteiger partial charge in [-0.2, -0.15) is 0 Å². The molecular formula is C18H25N3O2. The highest BCUT2D eigenvalue weighted by atomic mass is 16.3. The molecule has 0 spiro atoms. The Kier molecular flexibility index (Phi) is 4.78. The first-order valence-electron chi connectivity index (χ1n) is 8.39. The summed E-state index contributed by atoms with van der Waals surface area (Å²) in [7, 11) is 0. The van der Waals surface area contributed by atoms with Gasteiger partial charge in [-0.05, 0) is 50.9 Å². The molecule has 23 heavy (non-hydrogen) atoms. The molecule has 1 aromatic heterocycles. The number of piperidine rings is 1. The van der Waals surface area contributed by atoms with E-state index < -0.39 is 6.10 Å². The summed E-state index contributed by atoms with van der Waals surface area (Å²) in [6.07, 6.45) is 3.36. The Labute approximate surface area is 136 Å². The second-order valence-electron chi connectivity index (χ2n) is 6.86. The van der Waals surface area contributed by atoms with E-state index in [4.69, 9.17) is 0 Å². The van der Waals surface area contributed by atoms with Gasteiger partial charge in [0.05, 0.1) is 29.9 Å². The van der Waals surface area contributed by atoms with Crippen molar-refractivity contribution in [3.8, 4) is 0 Å². The highest BCUT2D eigenvalue weighted by Gasteiger charge is 2.19. The zero-order valence-electron chi connectivity index (χ0n) is 13.9. The molecule has 3 rings (SSSR count). The molecule has 1 aliphatic heterocycles. The van der Waals surface area contributed by atoms with E-state index in [1.54, 1.807) is 6.33 Å². The predicted octanol–water partition coefficient (Wildman–Crippen LogP) is 1.80. The number of β-amino-alcohol motifs (C(OH)–C–C–N with tert-alkyl or cyclic N) is 1. The minimum atomic E-state index is -0.551. The van der Waals surface area contributed by atoms with E-state index in [1.807, 2.05) is 25.1 Å². The lowest BCUT2D eigenvalue weighted by Gasteiger charge is -2.31. The maximum absolute atomic E-state index is 12.5. The molecule has 0 radical (unpaired) electrons. The summed E-state index contributed by atoms with van der Waals surface area (Å²) in [6.45, 7) is 7.20. The highest BCUT2D eigenvalue weighted by Crippen LogP contribution is 2.16. The lowest BCUT2D eigenvalue weighted by atomic mass is 9.99. The van der Waals surface area contributed by atoms with Crippen LogP contribution in [0.4, 0.5) is 0 Å². The van der Waals surface area contributed by atoms with E-state index in [9.17, 15) is 9.90 Å². The number of likely N-dealkylation sites (tertiary alicyclic amines) is 1. The molecule has 0 amide bonds. The number of aromatic nitrogens is 2. The van der Waals surface area contributed by atoms with Gasteiger partial charge in [-0.3, -0.25) is 9.36 Å². The van der Waals surface area contributed by atoms with Crippen LogP contribution in [0.3, 0.4) is 0 Å². The van der Waals surface area contributed by atoms with E-state index in [0.29, 0.717) is 24.0 Å². The van der Waals surface area contributed by atoms with Gasteiger partial charge in [-0.1, -0.05) is 18.6 Å². The third-order valence-electron chi connectivity index (χ3n) is 4.73. The molecule has 5 nitrogen and oxygen atoms in total. The quantitative estimate of drug-likeness (QED) is 0.935. The van der Waals surface area contributed by atoms with E-state index in [2.05, 4.69) is 16.8 Å². The van der Waals surface area contributed by atoms with Gasteiger partial charge in [0.1, 0.15) is 0 Å². The normalized spacial score (nSPS) is 18.4. The summed E-state index contributed by atoms with van der Waals surface area (Å²) >= 11 is 0. The van der Waals surface area contributed by atoms with Crippen LogP contribution in [0.5, 0.6) is 0 Å². The molecule has 2 heterocycles. The molecule has 1 fully saturated rings. The smallest absolute Gasteiger partial charge is 0.261 e. The van der Waals surface area contributed by atoms with Gasteiger partial charge < -0.3 is 10.0 Å². The van der Waals surface area contributed by atoms with E-state index >= 15 is 0 Å². The summed E-state index contributed by atoms with van der Waals surface area (Å²) in [4.78, 5) is 19.2. The summed E-state index contributed by atoms with van der Waals surface area (Å²) in [5, 5.41) is 11.0. The van der Waals surface area contributed by atoms with Crippen LogP contribution in [-0.4, -0.2) is 45.3 Å². The molecular weight excluding hydrogens is 290 g/mol. The van der Waals surface area contributed by atoms with Crippen molar-refractivity contribution in [2.24, 2.45) is 5.92 Å². The molecule has 124 valence electrons. The Balaban J connectivity index is 1.71. The topological polar surface area (TPSA) is 58.4 Å². The van der Waals surface area contributed by atoms with Gasteiger partial charge in [0.2, 0.25) is 0 Å². The molecule has 0 aliphatic carbocycles. The third kappa shape index (κ3) is 3.79. The predicted molar refractivity (Wildman–Crippen MR) is 91.6 cm³/mol. The zero-order valence-corrected chi connectivity index (χ0v) is 13.9. The number of hydrogen-bond donors (Lipinski definition) is 1. The van der Waals surface area contributed by atoms with Crippen molar-refractivity contribution < 1.29 is 5.11 Å². The zero-order chi connectivity index (χ0) is 16.4. The summed E-state index contributed by atoms with van der Waals surface area (Å²) < 4.78 is 1.53. The minimum absolute atomic E-state index is 0.0787. The fourth-order valence-corrected chi connectivity index (χ4v) is 3.23. The monoisotopic (exact) mass is 315 g/mol. The molecule has 1 aliphatic rings. The fraction of sp³-hybridized carbons (Fsp3) is 0.556. The Bertz CT molecular complexity index is 733. The van der Waals surface area contributed by atoms with Crippen LogP contribution in [0.15, 0.2) is 29.3 Å². The van der Waals surface area contributed by atoms with Gasteiger partial charge in [-0.25, -0.2) is 4.98 Å². The Morgan fingerprint density at radius 1 is 1.30 bits per heavy atom. The van der Waals surface area contributed by atoms with Crippen LogP contribution in [0.1, 0.15) is 25.3 Å². The van der Waals surface area contributed by atoms with Crippen LogP contribution < -0.4 is 5.56 Å². The molecule has 1 N–H and O–H groups in total. The number of rotatable bonds is 4. The molecule has 1 atom stereocenters. The van der Waals surface area contributed by atoms with Gasteiger partial charge in [0.15, 0.2) is 0 Å². The molecule has 0 bridgehead atoms. The fourth-order valence-electron chi connectivity index (χ4n) is 3.23. The molecule has 1 saturated heterocycles. The van der Waals surface area contributed by atoms with Gasteiger partial charge in [0.25, 0.3) is 5.56 Å². The van der Waals surface area contributed by atoms with Crippen LogP contribution in [-0.2, 0) is 6.54 Å². The van der Waals surface area contributed by atoms with Crippen LogP contribution >= 0.6 is 0 Å². The average molecular weight is 315 g/mol. The molecule has 5 heteroatoms. The van der Waals surface area contributed by atoms with Crippen molar-refractivity contribution in [1.82, 2.24) is 14.5 Å². The van der Waals surface area contributed by atoms with Crippen LogP contribution in [0.25, 0.3) is 10.9 Å². The SMILES string of the molecule is Cc1ccc2ncn(C[C@H](O)CN3CCC(C)CC3)c(=O)c2c1. The number of aliphatic hydroxyl groups is 1. The first kappa shape index (κ1) is 16.1. The van der Waals surface area contributed by atoms with Crippen molar-refractivity contribution in [2.75, 3.05) is 19.6 Å². The van der Waals surface area contributed by atoms with E-state index in [1.165, 1.54) is 17.4 Å². The largest absolute Gasteiger partial charge is 0.390 e. The maximum Gasteiger partial charge on any atom is 0.261 e. The Morgan fingerprint density at radius 2 is 2.04 bits per heavy atom. The molecule has 2 aromatic rings. The third-order valence-corrected chi connectivity index (χ3v) is 4.73. The highest BCUT2D eigenvalue weighted by molar-refractivity contribution is 5.77. The van der Waals surface area contributed by atoms with Crippen LogP contribution in [0.2, 0.25) is 0 Å². The minimum Gasteiger partial charge on any atom is -0.390 e. The second-order valence-corrected chi connectivity index (χ2v) is 6.86. The molecule has 1 aromatic carbocycles. The second kappa shape index (κ2) is 6.81. The van der Waals surface area contributed by atoms with Gasteiger partial charge in [0, 0.05) is 6.54 Å². The van der Waals surface area contributed by atoms with Gasteiger partial charge in [-0.15, -0.1) is 0 Å². The van der Waals surface area contributed by atoms with Crippen molar-refractivity contribution in [3.05, 3.63) is 40.4 Å². The lowest BCUT2D eigenvalue weighted by molar-refractivity contribution is 0.0794. The number of nitrogens with zero attached hydrogens (tertiary/aromatic N) is 3. The van der Waals surface area contributed by atoms with Crippen molar-refractivity contribution in [1.29, 1.82) is 0 Å². The summed E-state index contributed by atoms with van der Waals surface area (Å²) in [5.74, 6) is 0.777. The van der Waals surface area contributed by atoms with Gasteiger partial charge >= 0.3 is 0 Å². The lowest BCUT2D eigenvalue weighted by Crippen LogP contribution is -2.40. The van der Waals surface area contributed by atoms with Crippen LogP contribution in [0, 0.1) is 12.8 Å². The van der Waals surface area contributed by atoms with E-state index in [0.717, 1.165) is 24.6 Å². The number of aryl methyl sites for hydroxylation is 1. The maximum atomic E-state index is 12.5. The van der Waals surface area contributed by atoms with Crippen molar-refractivity contribution in [2.45, 2.75) is 39.3 Å². The van der Waals surface area contributed by atoms with Crippen molar-refractivity contribution in [3.63, 3.8) is 0 Å². The average Bonchev–Trinajstić information content (AvgIpc) is 2.53. The molecule has 0 unspecified atom stereocenters. The van der Waals surface area contributed by atoms with E-state index in [-0.39, 0.29) is 5.56 Å². The number of aliphatic hydroxyl groups excluding tert-OH is 1. The van der Waals surface area contributed by atoms with Crippen molar-refractivity contribution >= 4 is 10.9 Å². The number of hydrogen-bond acceptors (Lipinski definition) is 4. The first-order chi connectivity index (χ1) is 11.0. The number of benzene rings is 1. The molecule has 0 saturated carbocycles. The standard InChI is InChI=1S/C18H25N3O2/c1-13-5-7-20(8-6-13)10-15(22)11-21-12-19-17-4-3-14(2)9-16(17)18(21)23/h3-4,9,12-13,15,22H,5-8,10-11H2,1-2H3/t15-/m1/s1. The summed E-state index contributed by atoms with van der Waals surface area (Å²) in [5.41, 5.74) is 1.67. The first-order valence-corrected chi connectivity index (χ1v) is 8.39. The Hall–Kier alpha value is -1.72. The summed E-state index contributed by atoms with van der Waals surface area (Å²) in [6, 6.07) is 5.67. The number of fused-ring (bicyclic) bond motifs is 1. The Morgan fingerprint density at radius 3 is 2.78 bits per heavy atom.